The van der Waals surface area contributed by atoms with Gasteiger partial charge in [-0.25, -0.2) is 0 Å². The zero-order valence-corrected chi connectivity index (χ0v) is 10.6. The Balaban J connectivity index is 1.72. The Morgan fingerprint density at radius 3 is 2.50 bits per heavy atom. The fourth-order valence-electron chi connectivity index (χ4n) is 2.75. The first-order valence-electron chi connectivity index (χ1n) is 6.79. The number of carboxylic acid groups (broad SMARTS) is 1. The minimum Gasteiger partial charge on any atom is -0.481 e. The second-order valence-electron chi connectivity index (χ2n) is 5.20. The number of amides is 1. The first-order valence-corrected chi connectivity index (χ1v) is 6.79. The molecule has 2 aliphatic rings. The molecule has 102 valence electrons. The quantitative estimate of drug-likeness (QED) is 0.821. The molecule has 2 aliphatic heterocycles. The normalized spacial score (nSPS) is 25.3. The number of ether oxygens (including phenoxy) is 1. The van der Waals surface area contributed by atoms with Gasteiger partial charge in [0.05, 0.1) is 0 Å². The van der Waals surface area contributed by atoms with E-state index < -0.39 is 5.97 Å². The monoisotopic (exact) mass is 255 g/mol. The number of carboxylic acids is 1. The Labute approximate surface area is 107 Å². The van der Waals surface area contributed by atoms with Crippen LogP contribution in [0.3, 0.4) is 0 Å². The van der Waals surface area contributed by atoms with Crippen LogP contribution in [0, 0.1) is 5.92 Å². The maximum atomic E-state index is 12.1. The molecule has 0 aromatic heterocycles. The summed E-state index contributed by atoms with van der Waals surface area (Å²) in [5.41, 5.74) is 0. The molecule has 18 heavy (non-hydrogen) atoms. The molecular weight excluding hydrogens is 234 g/mol. The van der Waals surface area contributed by atoms with Gasteiger partial charge in [-0.1, -0.05) is 0 Å². The lowest BCUT2D eigenvalue weighted by atomic mass is 9.92. The van der Waals surface area contributed by atoms with Crippen molar-refractivity contribution in [2.24, 2.45) is 5.92 Å². The Bertz CT molecular complexity index is 304. The van der Waals surface area contributed by atoms with Gasteiger partial charge in [-0.3, -0.25) is 9.59 Å². The molecule has 0 saturated carbocycles. The summed E-state index contributed by atoms with van der Waals surface area (Å²) in [6.45, 7) is 2.21. The van der Waals surface area contributed by atoms with Gasteiger partial charge >= 0.3 is 5.97 Å². The van der Waals surface area contributed by atoms with Gasteiger partial charge in [-0.05, 0) is 38.0 Å². The highest BCUT2D eigenvalue weighted by Crippen LogP contribution is 2.24. The number of carbonyl (C=O) groups excluding carboxylic acids is 1. The standard InChI is InChI=1S/C13H21NO4/c15-12(16)4-3-10-5-7-14(8-6-10)13(17)11-2-1-9-18-11/h10-11H,1-9H2,(H,15,16)/t11-/m1/s1. The predicted octanol–water partition coefficient (Wildman–Crippen LogP) is 1.27. The summed E-state index contributed by atoms with van der Waals surface area (Å²) in [6, 6.07) is 0. The van der Waals surface area contributed by atoms with Crippen LogP contribution in [-0.4, -0.2) is 47.7 Å². The van der Waals surface area contributed by atoms with Gasteiger partial charge in [0.25, 0.3) is 5.91 Å². The lowest BCUT2D eigenvalue weighted by Crippen LogP contribution is -2.43. The highest BCUT2D eigenvalue weighted by atomic mass is 16.5. The third kappa shape index (κ3) is 3.45. The maximum Gasteiger partial charge on any atom is 0.303 e. The molecule has 5 heteroatoms. The lowest BCUT2D eigenvalue weighted by molar-refractivity contribution is -0.143. The number of rotatable bonds is 4. The maximum absolute atomic E-state index is 12.1. The number of aliphatic carboxylic acids is 1. The van der Waals surface area contributed by atoms with E-state index in [-0.39, 0.29) is 18.4 Å². The summed E-state index contributed by atoms with van der Waals surface area (Å²) >= 11 is 0. The van der Waals surface area contributed by atoms with Crippen molar-refractivity contribution in [2.75, 3.05) is 19.7 Å². The van der Waals surface area contributed by atoms with E-state index in [1.165, 1.54) is 0 Å². The molecule has 1 N–H and O–H groups in total. The van der Waals surface area contributed by atoms with E-state index in [2.05, 4.69) is 0 Å². The number of carbonyl (C=O) groups is 2. The van der Waals surface area contributed by atoms with Crippen molar-refractivity contribution in [3.05, 3.63) is 0 Å². The molecule has 1 amide bonds. The van der Waals surface area contributed by atoms with Crippen molar-refractivity contribution in [3.63, 3.8) is 0 Å². The van der Waals surface area contributed by atoms with E-state index >= 15 is 0 Å². The van der Waals surface area contributed by atoms with Crippen LogP contribution in [0.4, 0.5) is 0 Å². The third-order valence-electron chi connectivity index (χ3n) is 3.90. The van der Waals surface area contributed by atoms with Crippen LogP contribution in [0.2, 0.25) is 0 Å². The minimum atomic E-state index is -0.729. The fourth-order valence-corrected chi connectivity index (χ4v) is 2.75. The molecule has 0 aromatic rings. The van der Waals surface area contributed by atoms with Crippen molar-refractivity contribution >= 4 is 11.9 Å². The molecule has 2 rings (SSSR count). The lowest BCUT2D eigenvalue weighted by Gasteiger charge is -2.33. The van der Waals surface area contributed by atoms with Crippen LogP contribution in [0.25, 0.3) is 0 Å². The molecule has 2 saturated heterocycles. The zero-order chi connectivity index (χ0) is 13.0. The highest BCUT2D eigenvalue weighted by Gasteiger charge is 2.30. The van der Waals surface area contributed by atoms with Crippen molar-refractivity contribution in [2.45, 2.75) is 44.6 Å². The van der Waals surface area contributed by atoms with Crippen LogP contribution >= 0.6 is 0 Å². The van der Waals surface area contributed by atoms with Crippen molar-refractivity contribution < 1.29 is 19.4 Å². The largest absolute Gasteiger partial charge is 0.481 e. The summed E-state index contributed by atoms with van der Waals surface area (Å²) in [5, 5.41) is 8.65. The first kappa shape index (κ1) is 13.3. The smallest absolute Gasteiger partial charge is 0.303 e. The van der Waals surface area contributed by atoms with E-state index in [0.29, 0.717) is 12.5 Å². The van der Waals surface area contributed by atoms with E-state index in [4.69, 9.17) is 9.84 Å². The summed E-state index contributed by atoms with van der Waals surface area (Å²) in [5.74, 6) is -0.147. The minimum absolute atomic E-state index is 0.129. The fraction of sp³-hybridized carbons (Fsp3) is 0.846. The molecule has 5 nitrogen and oxygen atoms in total. The van der Waals surface area contributed by atoms with Gasteiger partial charge < -0.3 is 14.7 Å². The number of hydrogen-bond acceptors (Lipinski definition) is 3. The molecule has 1 atom stereocenters. The van der Waals surface area contributed by atoms with Gasteiger partial charge in [0.1, 0.15) is 6.10 Å². The first-order chi connectivity index (χ1) is 8.66. The molecule has 0 spiro atoms. The Kier molecular flexibility index (Phi) is 4.58. The van der Waals surface area contributed by atoms with E-state index in [1.54, 1.807) is 0 Å². The molecule has 0 aromatic carbocycles. The number of nitrogens with zero attached hydrogens (tertiary/aromatic N) is 1. The Hall–Kier alpha value is -1.10. The number of likely N-dealkylation sites (tertiary alicyclic amines) is 1. The Morgan fingerprint density at radius 2 is 1.94 bits per heavy atom. The van der Waals surface area contributed by atoms with Crippen molar-refractivity contribution in [3.8, 4) is 0 Å². The average molecular weight is 255 g/mol. The van der Waals surface area contributed by atoms with E-state index in [9.17, 15) is 9.59 Å². The van der Waals surface area contributed by atoms with Crippen molar-refractivity contribution in [1.29, 1.82) is 0 Å². The van der Waals surface area contributed by atoms with E-state index in [0.717, 1.165) is 45.2 Å². The topological polar surface area (TPSA) is 66.8 Å². The number of piperidine rings is 1. The highest BCUT2D eigenvalue weighted by molar-refractivity contribution is 5.81. The SMILES string of the molecule is O=C(O)CCC1CCN(C(=O)[C@H]2CCCO2)CC1. The molecule has 0 unspecified atom stereocenters. The van der Waals surface area contributed by atoms with Gasteiger partial charge in [0.2, 0.25) is 0 Å². The van der Waals surface area contributed by atoms with Crippen LogP contribution in [0.5, 0.6) is 0 Å². The molecular formula is C13H21NO4. The number of hydrogen-bond donors (Lipinski definition) is 1. The van der Waals surface area contributed by atoms with Crippen LogP contribution < -0.4 is 0 Å². The van der Waals surface area contributed by atoms with Crippen molar-refractivity contribution in [1.82, 2.24) is 4.90 Å². The predicted molar refractivity (Wildman–Crippen MR) is 65.1 cm³/mol. The third-order valence-corrected chi connectivity index (χ3v) is 3.90. The summed E-state index contributed by atoms with van der Waals surface area (Å²) < 4.78 is 5.40. The van der Waals surface area contributed by atoms with Gasteiger partial charge in [0, 0.05) is 26.1 Å². The second-order valence-corrected chi connectivity index (χ2v) is 5.20. The van der Waals surface area contributed by atoms with Crippen LogP contribution in [0.15, 0.2) is 0 Å². The average Bonchev–Trinajstić information content (AvgIpc) is 2.90. The molecule has 0 aliphatic carbocycles. The molecule has 2 heterocycles. The van der Waals surface area contributed by atoms with Crippen LogP contribution in [0.1, 0.15) is 38.5 Å². The van der Waals surface area contributed by atoms with Gasteiger partial charge in [-0.2, -0.15) is 0 Å². The van der Waals surface area contributed by atoms with Gasteiger partial charge in [-0.15, -0.1) is 0 Å². The van der Waals surface area contributed by atoms with Crippen LogP contribution in [-0.2, 0) is 14.3 Å². The zero-order valence-electron chi connectivity index (χ0n) is 10.6. The Morgan fingerprint density at radius 1 is 1.22 bits per heavy atom. The summed E-state index contributed by atoms with van der Waals surface area (Å²) in [7, 11) is 0. The molecule has 0 radical (unpaired) electrons. The van der Waals surface area contributed by atoms with E-state index in [1.807, 2.05) is 4.90 Å². The molecule has 0 bridgehead atoms. The molecule has 2 fully saturated rings. The second kappa shape index (κ2) is 6.18. The van der Waals surface area contributed by atoms with Gasteiger partial charge in [0.15, 0.2) is 0 Å². The summed E-state index contributed by atoms with van der Waals surface area (Å²) in [6.07, 6.45) is 4.42. The summed E-state index contributed by atoms with van der Waals surface area (Å²) in [4.78, 5) is 24.5.